The Hall–Kier alpha value is -3.21. The van der Waals surface area contributed by atoms with Crippen LogP contribution in [-0.2, 0) is 6.54 Å². The number of halogens is 1. The first-order valence-corrected chi connectivity index (χ1v) is 7.51. The zero-order valence-electron chi connectivity index (χ0n) is 12.9. The smallest absolute Gasteiger partial charge is 0.255 e. The van der Waals surface area contributed by atoms with Gasteiger partial charge in [-0.05, 0) is 60.7 Å². The van der Waals surface area contributed by atoms with Crippen LogP contribution in [0.5, 0.6) is 0 Å². The second-order valence-corrected chi connectivity index (χ2v) is 5.21. The number of pyridine rings is 1. The third kappa shape index (κ3) is 4.16. The Balaban J connectivity index is 1.58. The van der Waals surface area contributed by atoms with Gasteiger partial charge in [-0.1, -0.05) is 6.07 Å². The maximum Gasteiger partial charge on any atom is 0.255 e. The molecule has 0 bridgehead atoms. The van der Waals surface area contributed by atoms with Crippen LogP contribution in [-0.4, -0.2) is 10.9 Å². The number of nitrogens with zero attached hydrogens (tertiary/aromatic N) is 1. The first-order valence-electron chi connectivity index (χ1n) is 7.51. The van der Waals surface area contributed by atoms with Crippen molar-refractivity contribution in [3.63, 3.8) is 0 Å². The van der Waals surface area contributed by atoms with Gasteiger partial charge in [0.25, 0.3) is 5.91 Å². The molecular formula is C19H16FN3O. The van der Waals surface area contributed by atoms with E-state index in [0.29, 0.717) is 17.8 Å². The molecule has 0 atom stereocenters. The Morgan fingerprint density at radius 2 is 1.62 bits per heavy atom. The molecule has 0 saturated heterocycles. The van der Waals surface area contributed by atoms with E-state index in [9.17, 15) is 9.18 Å². The van der Waals surface area contributed by atoms with Gasteiger partial charge in [0.15, 0.2) is 0 Å². The molecule has 0 aliphatic carbocycles. The third-order valence-corrected chi connectivity index (χ3v) is 3.45. The molecule has 0 aliphatic heterocycles. The number of carbonyl (C=O) groups excluding carboxylic acids is 1. The van der Waals surface area contributed by atoms with Crippen molar-refractivity contribution in [2.45, 2.75) is 6.54 Å². The molecule has 120 valence electrons. The average molecular weight is 321 g/mol. The van der Waals surface area contributed by atoms with Crippen molar-refractivity contribution in [2.24, 2.45) is 0 Å². The maximum atomic E-state index is 12.9. The summed E-state index contributed by atoms with van der Waals surface area (Å²) >= 11 is 0. The SMILES string of the molecule is O=C(Nc1ccc(NCc2ccccn2)cc1)c1ccc(F)cc1. The molecule has 3 aromatic rings. The van der Waals surface area contributed by atoms with Crippen molar-refractivity contribution in [2.75, 3.05) is 10.6 Å². The molecule has 3 rings (SSSR count). The number of benzene rings is 2. The van der Waals surface area contributed by atoms with E-state index in [1.54, 1.807) is 6.20 Å². The predicted octanol–water partition coefficient (Wildman–Crippen LogP) is 4.09. The molecule has 0 fully saturated rings. The lowest BCUT2D eigenvalue weighted by molar-refractivity contribution is 0.102. The van der Waals surface area contributed by atoms with Crippen molar-refractivity contribution >= 4 is 17.3 Å². The van der Waals surface area contributed by atoms with E-state index in [0.717, 1.165) is 11.4 Å². The summed E-state index contributed by atoms with van der Waals surface area (Å²) in [5.74, 6) is -0.640. The average Bonchev–Trinajstić information content (AvgIpc) is 2.62. The highest BCUT2D eigenvalue weighted by Crippen LogP contribution is 2.15. The Morgan fingerprint density at radius 1 is 0.917 bits per heavy atom. The van der Waals surface area contributed by atoms with Gasteiger partial charge >= 0.3 is 0 Å². The maximum absolute atomic E-state index is 12.9. The van der Waals surface area contributed by atoms with Crippen LogP contribution in [0.3, 0.4) is 0 Å². The zero-order valence-corrected chi connectivity index (χ0v) is 12.9. The van der Waals surface area contributed by atoms with Crippen molar-refractivity contribution in [3.8, 4) is 0 Å². The van der Waals surface area contributed by atoms with Crippen LogP contribution < -0.4 is 10.6 Å². The molecule has 0 aliphatic rings. The van der Waals surface area contributed by atoms with Crippen LogP contribution in [0.2, 0.25) is 0 Å². The first-order chi connectivity index (χ1) is 11.7. The summed E-state index contributed by atoms with van der Waals surface area (Å²) in [5, 5.41) is 6.04. The Morgan fingerprint density at radius 3 is 2.29 bits per heavy atom. The van der Waals surface area contributed by atoms with Crippen LogP contribution in [0.1, 0.15) is 16.1 Å². The topological polar surface area (TPSA) is 54.0 Å². The molecule has 5 heteroatoms. The van der Waals surface area contributed by atoms with E-state index < -0.39 is 0 Å². The second-order valence-electron chi connectivity index (χ2n) is 5.21. The quantitative estimate of drug-likeness (QED) is 0.744. The fraction of sp³-hybridized carbons (Fsp3) is 0.0526. The van der Waals surface area contributed by atoms with Gasteiger partial charge in [-0.25, -0.2) is 4.39 Å². The highest BCUT2D eigenvalue weighted by molar-refractivity contribution is 6.04. The molecule has 0 unspecified atom stereocenters. The Labute approximate surface area is 139 Å². The highest BCUT2D eigenvalue weighted by Gasteiger charge is 2.06. The lowest BCUT2D eigenvalue weighted by Crippen LogP contribution is -2.11. The zero-order chi connectivity index (χ0) is 16.8. The molecule has 2 aromatic carbocycles. The van der Waals surface area contributed by atoms with Crippen LogP contribution in [0.25, 0.3) is 0 Å². The van der Waals surface area contributed by atoms with Gasteiger partial charge in [0.05, 0.1) is 12.2 Å². The number of nitrogens with one attached hydrogen (secondary N) is 2. The molecule has 24 heavy (non-hydrogen) atoms. The minimum atomic E-state index is -0.366. The van der Waals surface area contributed by atoms with E-state index in [4.69, 9.17) is 0 Å². The van der Waals surface area contributed by atoms with Crippen LogP contribution >= 0.6 is 0 Å². The summed E-state index contributed by atoms with van der Waals surface area (Å²) in [5.41, 5.74) is 2.97. The van der Waals surface area contributed by atoms with Gasteiger partial charge in [0.1, 0.15) is 5.82 Å². The molecule has 1 amide bonds. The van der Waals surface area contributed by atoms with Gasteiger partial charge in [-0.3, -0.25) is 9.78 Å². The minimum absolute atomic E-state index is 0.274. The molecule has 0 saturated carbocycles. The van der Waals surface area contributed by atoms with Gasteiger partial charge in [-0.15, -0.1) is 0 Å². The summed E-state index contributed by atoms with van der Waals surface area (Å²) in [6.07, 6.45) is 1.76. The molecule has 0 radical (unpaired) electrons. The van der Waals surface area contributed by atoms with E-state index in [-0.39, 0.29) is 11.7 Å². The van der Waals surface area contributed by atoms with Crippen LogP contribution in [0, 0.1) is 5.82 Å². The van der Waals surface area contributed by atoms with E-state index in [1.807, 2.05) is 42.5 Å². The normalized spacial score (nSPS) is 10.2. The lowest BCUT2D eigenvalue weighted by atomic mass is 10.2. The number of carbonyl (C=O) groups is 1. The number of rotatable bonds is 5. The fourth-order valence-electron chi connectivity index (χ4n) is 2.17. The summed E-state index contributed by atoms with van der Waals surface area (Å²) in [4.78, 5) is 16.3. The first kappa shape index (κ1) is 15.7. The van der Waals surface area contributed by atoms with Gasteiger partial charge in [0, 0.05) is 23.1 Å². The van der Waals surface area contributed by atoms with Crippen molar-refractivity contribution in [1.82, 2.24) is 4.98 Å². The highest BCUT2D eigenvalue weighted by atomic mass is 19.1. The second kappa shape index (κ2) is 7.37. The fourth-order valence-corrected chi connectivity index (χ4v) is 2.17. The number of anilines is 2. The summed E-state index contributed by atoms with van der Waals surface area (Å²) in [7, 11) is 0. The standard InChI is InChI=1S/C19H16FN3O/c20-15-6-4-14(5-7-15)19(24)23-17-10-8-16(9-11-17)22-13-18-3-1-2-12-21-18/h1-12,22H,13H2,(H,23,24). The summed E-state index contributed by atoms with van der Waals surface area (Å²) < 4.78 is 12.9. The monoisotopic (exact) mass is 321 g/mol. The Kier molecular flexibility index (Phi) is 4.81. The number of amides is 1. The molecule has 1 heterocycles. The van der Waals surface area contributed by atoms with Crippen molar-refractivity contribution in [3.05, 3.63) is 90.0 Å². The molecule has 2 N–H and O–H groups in total. The third-order valence-electron chi connectivity index (χ3n) is 3.45. The molecule has 1 aromatic heterocycles. The van der Waals surface area contributed by atoms with Gasteiger partial charge in [-0.2, -0.15) is 0 Å². The summed E-state index contributed by atoms with van der Waals surface area (Å²) in [6.45, 7) is 0.627. The number of aromatic nitrogens is 1. The van der Waals surface area contributed by atoms with E-state index in [2.05, 4.69) is 15.6 Å². The van der Waals surface area contributed by atoms with Crippen molar-refractivity contribution in [1.29, 1.82) is 0 Å². The molecule has 0 spiro atoms. The molecular weight excluding hydrogens is 305 g/mol. The van der Waals surface area contributed by atoms with Crippen LogP contribution in [0.15, 0.2) is 72.9 Å². The Bertz CT molecular complexity index is 802. The minimum Gasteiger partial charge on any atom is -0.379 e. The van der Waals surface area contributed by atoms with Gasteiger partial charge in [0.2, 0.25) is 0 Å². The van der Waals surface area contributed by atoms with Crippen LogP contribution in [0.4, 0.5) is 15.8 Å². The van der Waals surface area contributed by atoms with E-state index in [1.165, 1.54) is 24.3 Å². The number of hydrogen-bond donors (Lipinski definition) is 2. The molecule has 4 nitrogen and oxygen atoms in total. The van der Waals surface area contributed by atoms with Crippen molar-refractivity contribution < 1.29 is 9.18 Å². The summed E-state index contributed by atoms with van der Waals surface area (Å²) in [6, 6.07) is 18.6. The predicted molar refractivity (Wildman–Crippen MR) is 92.4 cm³/mol. The van der Waals surface area contributed by atoms with E-state index >= 15 is 0 Å². The van der Waals surface area contributed by atoms with Gasteiger partial charge < -0.3 is 10.6 Å². The lowest BCUT2D eigenvalue weighted by Gasteiger charge is -2.08. The largest absolute Gasteiger partial charge is 0.379 e. The number of hydrogen-bond acceptors (Lipinski definition) is 3.